The first-order valence-electron chi connectivity index (χ1n) is 7.24. The second-order valence-electron chi connectivity index (χ2n) is 6.09. The van der Waals surface area contributed by atoms with Gasteiger partial charge >= 0.3 is 0 Å². The highest BCUT2D eigenvalue weighted by molar-refractivity contribution is 5.70. The van der Waals surface area contributed by atoms with Gasteiger partial charge in [0.25, 0.3) is 5.56 Å². The van der Waals surface area contributed by atoms with Crippen LogP contribution < -0.4 is 11.3 Å². The largest absolute Gasteiger partial charge is 0.394 e. The highest BCUT2D eigenvalue weighted by Gasteiger charge is 2.55. The van der Waals surface area contributed by atoms with Crippen LogP contribution in [0.5, 0.6) is 0 Å². The first kappa shape index (κ1) is 14.6. The number of aromatic nitrogens is 4. The number of fused-ring (bicyclic) bond motifs is 2. The maximum atomic E-state index is 11.9. The van der Waals surface area contributed by atoms with Crippen molar-refractivity contribution in [2.75, 3.05) is 12.3 Å². The lowest BCUT2D eigenvalue weighted by atomic mass is 10.1. The minimum Gasteiger partial charge on any atom is -0.394 e. The number of H-pyrrole nitrogens is 1. The topological polar surface area (TPSA) is 138 Å². The Morgan fingerprint density at radius 1 is 1.43 bits per heavy atom. The quantitative estimate of drug-likeness (QED) is 0.647. The standard InChI is InChI=1S/C13H17N5O5/c1-13(2)22-7-5(3-19)21-11(8(7)23-13)18-4-15-6-9(18)16-12(14)17-10(6)20/h4-5,7-8,11,19H,3H2,1-2H3,(H3,14,16,17,20)/t5-,7-,8-,11?/m1/s1. The maximum Gasteiger partial charge on any atom is 0.280 e. The number of hydrogen-bond donors (Lipinski definition) is 3. The van der Waals surface area contributed by atoms with E-state index in [2.05, 4.69) is 15.0 Å². The molecule has 1 unspecified atom stereocenters. The fraction of sp³-hybridized carbons (Fsp3) is 0.615. The molecule has 2 aliphatic rings. The second kappa shape index (κ2) is 4.74. The van der Waals surface area contributed by atoms with Crippen LogP contribution in [0.1, 0.15) is 20.1 Å². The van der Waals surface area contributed by atoms with Crippen molar-refractivity contribution in [1.82, 2.24) is 19.5 Å². The second-order valence-corrected chi connectivity index (χ2v) is 6.09. The average Bonchev–Trinajstić information content (AvgIpc) is 3.09. The van der Waals surface area contributed by atoms with Gasteiger partial charge in [0.15, 0.2) is 23.2 Å². The van der Waals surface area contributed by atoms with Crippen LogP contribution in [-0.4, -0.2) is 55.3 Å². The summed E-state index contributed by atoms with van der Waals surface area (Å²) in [7, 11) is 0. The third kappa shape index (κ3) is 2.14. The summed E-state index contributed by atoms with van der Waals surface area (Å²) in [6.07, 6.45) is -0.595. The Kier molecular flexibility index (Phi) is 3.00. The van der Waals surface area contributed by atoms with E-state index < -0.39 is 35.9 Å². The molecule has 0 radical (unpaired) electrons. The van der Waals surface area contributed by atoms with Gasteiger partial charge in [0.05, 0.1) is 12.9 Å². The van der Waals surface area contributed by atoms with Gasteiger partial charge in [-0.25, -0.2) is 4.98 Å². The van der Waals surface area contributed by atoms with Crippen LogP contribution in [0.2, 0.25) is 0 Å². The summed E-state index contributed by atoms with van der Waals surface area (Å²) in [5.41, 5.74) is 5.63. The van der Waals surface area contributed by atoms with Gasteiger partial charge in [0, 0.05) is 0 Å². The van der Waals surface area contributed by atoms with Crippen LogP contribution in [0, 0.1) is 0 Å². The summed E-state index contributed by atoms with van der Waals surface area (Å²) in [6, 6.07) is 0. The van der Waals surface area contributed by atoms with E-state index >= 15 is 0 Å². The molecule has 10 nitrogen and oxygen atoms in total. The van der Waals surface area contributed by atoms with Gasteiger partial charge in [-0.3, -0.25) is 14.3 Å². The molecule has 2 aliphatic heterocycles. The molecule has 0 spiro atoms. The molecule has 2 fully saturated rings. The molecule has 124 valence electrons. The van der Waals surface area contributed by atoms with E-state index in [0.717, 1.165) is 0 Å². The summed E-state index contributed by atoms with van der Waals surface area (Å²) in [5.74, 6) is -0.799. The van der Waals surface area contributed by atoms with E-state index in [9.17, 15) is 9.90 Å². The molecule has 0 saturated carbocycles. The van der Waals surface area contributed by atoms with Gasteiger partial charge in [0.2, 0.25) is 5.95 Å². The van der Waals surface area contributed by atoms with Crippen molar-refractivity contribution in [2.24, 2.45) is 0 Å². The number of aliphatic hydroxyl groups is 1. The van der Waals surface area contributed by atoms with Gasteiger partial charge in [-0.15, -0.1) is 0 Å². The Balaban J connectivity index is 1.80. The molecule has 2 aromatic heterocycles. The molecule has 23 heavy (non-hydrogen) atoms. The van der Waals surface area contributed by atoms with Crippen molar-refractivity contribution < 1.29 is 19.3 Å². The van der Waals surface area contributed by atoms with Crippen molar-refractivity contribution in [1.29, 1.82) is 0 Å². The third-order valence-corrected chi connectivity index (χ3v) is 4.03. The lowest BCUT2D eigenvalue weighted by molar-refractivity contribution is -0.199. The van der Waals surface area contributed by atoms with Crippen LogP contribution in [0.3, 0.4) is 0 Å². The number of nitrogens with two attached hydrogens (primary N) is 1. The van der Waals surface area contributed by atoms with Gasteiger partial charge < -0.3 is 25.1 Å². The van der Waals surface area contributed by atoms with Crippen LogP contribution in [0.25, 0.3) is 11.2 Å². The van der Waals surface area contributed by atoms with Crippen LogP contribution in [0.15, 0.2) is 11.1 Å². The molecule has 0 bridgehead atoms. The Morgan fingerprint density at radius 2 is 2.17 bits per heavy atom. The zero-order valence-electron chi connectivity index (χ0n) is 12.6. The third-order valence-electron chi connectivity index (χ3n) is 4.03. The predicted octanol–water partition coefficient (Wildman–Crippen LogP) is -0.888. The first-order chi connectivity index (χ1) is 10.9. The molecule has 4 heterocycles. The van der Waals surface area contributed by atoms with E-state index in [4.69, 9.17) is 19.9 Å². The van der Waals surface area contributed by atoms with Gasteiger partial charge in [-0.05, 0) is 13.8 Å². The Bertz CT molecular complexity index is 815. The van der Waals surface area contributed by atoms with Gasteiger partial charge in [-0.1, -0.05) is 0 Å². The van der Waals surface area contributed by atoms with Crippen LogP contribution >= 0.6 is 0 Å². The fourth-order valence-corrected chi connectivity index (χ4v) is 3.16. The minimum absolute atomic E-state index is 0.0126. The summed E-state index contributed by atoms with van der Waals surface area (Å²) >= 11 is 0. The molecule has 2 aromatic rings. The number of anilines is 1. The number of aliphatic hydroxyl groups excluding tert-OH is 1. The van der Waals surface area contributed by atoms with Crippen molar-refractivity contribution >= 4 is 17.1 Å². The number of aromatic amines is 1. The van der Waals surface area contributed by atoms with Gasteiger partial charge in [0.1, 0.15) is 18.3 Å². The van der Waals surface area contributed by atoms with Crippen molar-refractivity contribution in [3.05, 3.63) is 16.7 Å². The zero-order valence-corrected chi connectivity index (χ0v) is 12.6. The number of nitrogens with one attached hydrogen (secondary N) is 1. The van der Waals surface area contributed by atoms with Crippen LogP contribution in [0.4, 0.5) is 5.95 Å². The van der Waals surface area contributed by atoms with Crippen LogP contribution in [-0.2, 0) is 14.2 Å². The first-order valence-corrected chi connectivity index (χ1v) is 7.24. The average molecular weight is 323 g/mol. The van der Waals surface area contributed by atoms with E-state index in [1.807, 2.05) is 0 Å². The van der Waals surface area contributed by atoms with E-state index in [-0.39, 0.29) is 18.1 Å². The zero-order chi connectivity index (χ0) is 16.4. The Hall–Kier alpha value is -2.01. The summed E-state index contributed by atoms with van der Waals surface area (Å²) in [4.78, 5) is 22.5. The summed E-state index contributed by atoms with van der Waals surface area (Å²) < 4.78 is 19.1. The van der Waals surface area contributed by atoms with Crippen molar-refractivity contribution in [3.63, 3.8) is 0 Å². The SMILES string of the molecule is CC1(C)O[C@@H]2[C@@H](CO)OC(n3cnc4c(=O)[nH]c(N)nc43)[C@@H]2O1. The molecule has 2 saturated heterocycles. The van der Waals surface area contributed by atoms with Crippen molar-refractivity contribution in [3.8, 4) is 0 Å². The normalized spacial score (nSPS) is 32.5. The lowest BCUT2D eigenvalue weighted by Gasteiger charge is -2.24. The molecule has 4 N–H and O–H groups in total. The molecular weight excluding hydrogens is 306 g/mol. The number of ether oxygens (including phenoxy) is 3. The Morgan fingerprint density at radius 3 is 2.91 bits per heavy atom. The van der Waals surface area contributed by atoms with Gasteiger partial charge in [-0.2, -0.15) is 4.98 Å². The number of rotatable bonds is 2. The fourth-order valence-electron chi connectivity index (χ4n) is 3.16. The Labute approximate surface area is 130 Å². The smallest absolute Gasteiger partial charge is 0.280 e. The molecule has 10 heteroatoms. The summed E-state index contributed by atoms with van der Waals surface area (Å²) in [6.45, 7) is 3.38. The highest BCUT2D eigenvalue weighted by atomic mass is 16.8. The molecule has 0 amide bonds. The summed E-state index contributed by atoms with van der Waals surface area (Å²) in [5, 5.41) is 9.52. The molecule has 4 rings (SSSR count). The monoisotopic (exact) mass is 323 g/mol. The lowest BCUT2D eigenvalue weighted by Crippen LogP contribution is -2.31. The molecule has 0 aromatic carbocycles. The van der Waals surface area contributed by atoms with E-state index in [0.29, 0.717) is 5.65 Å². The predicted molar refractivity (Wildman–Crippen MR) is 77.4 cm³/mol. The minimum atomic E-state index is -0.787. The molecule has 0 aliphatic carbocycles. The highest BCUT2D eigenvalue weighted by Crippen LogP contribution is 2.43. The van der Waals surface area contributed by atoms with Crippen molar-refractivity contribution in [2.45, 2.75) is 44.2 Å². The number of hydrogen-bond acceptors (Lipinski definition) is 8. The number of nitrogen functional groups attached to an aromatic ring is 1. The number of imidazole rings is 1. The number of nitrogens with zero attached hydrogens (tertiary/aromatic N) is 3. The molecular formula is C13H17N5O5. The van der Waals surface area contributed by atoms with E-state index in [1.165, 1.54) is 6.33 Å². The maximum absolute atomic E-state index is 11.9. The molecule has 4 atom stereocenters. The van der Waals surface area contributed by atoms with E-state index in [1.54, 1.807) is 18.4 Å².